The van der Waals surface area contributed by atoms with Crippen molar-refractivity contribution in [1.82, 2.24) is 14.9 Å². The van der Waals surface area contributed by atoms with E-state index in [0.717, 1.165) is 37.1 Å². The lowest BCUT2D eigenvalue weighted by Gasteiger charge is -2.31. The van der Waals surface area contributed by atoms with Crippen molar-refractivity contribution in [1.29, 1.82) is 5.26 Å². The summed E-state index contributed by atoms with van der Waals surface area (Å²) in [5, 5.41) is 10.4. The summed E-state index contributed by atoms with van der Waals surface area (Å²) in [5.41, 5.74) is 5.72. The molecule has 13 heteroatoms. The first kappa shape index (κ1) is 27.0. The second-order valence-corrected chi connectivity index (χ2v) is 13.4. The van der Waals surface area contributed by atoms with Crippen LogP contribution in [0.2, 0.25) is 5.02 Å². The fourth-order valence-electron chi connectivity index (χ4n) is 7.32. The second-order valence-electron chi connectivity index (χ2n) is 12.0. The summed E-state index contributed by atoms with van der Waals surface area (Å²) < 4.78 is 58.7. The molecule has 3 aliphatic heterocycles. The minimum absolute atomic E-state index is 0.0296. The Morgan fingerprint density at radius 3 is 2.95 bits per heavy atom. The predicted molar refractivity (Wildman–Crippen MR) is 159 cm³/mol. The Hall–Kier alpha value is -3.53. The maximum absolute atomic E-state index is 16.9. The normalized spacial score (nSPS) is 26.1. The summed E-state index contributed by atoms with van der Waals surface area (Å²) in [6.07, 6.45) is 2.07. The van der Waals surface area contributed by atoms with Gasteiger partial charge in [0.15, 0.2) is 11.6 Å². The van der Waals surface area contributed by atoms with Crippen LogP contribution in [0.5, 0.6) is 11.8 Å². The zero-order chi connectivity index (χ0) is 29.8. The SMILES string of the molecule is CN1c2nc(OC[C@@]34CCCN3C[C@H](F)C4)nc3c(F)c(-c4ccc(F)c5sc(N)c(C#N)c45)c(Cl)c(c23)OCC2CC21. The number of nitrogen functional groups attached to an aromatic ring is 1. The number of alkyl halides is 1. The van der Waals surface area contributed by atoms with Crippen LogP contribution in [0.15, 0.2) is 12.1 Å². The summed E-state index contributed by atoms with van der Waals surface area (Å²) in [6.45, 7) is 1.72. The van der Waals surface area contributed by atoms with Crippen LogP contribution < -0.4 is 20.1 Å². The quantitative estimate of drug-likeness (QED) is 0.291. The molecule has 2 aromatic heterocycles. The van der Waals surface area contributed by atoms with E-state index in [9.17, 15) is 14.0 Å². The number of anilines is 2. The zero-order valence-corrected chi connectivity index (χ0v) is 24.7. The molecule has 0 bridgehead atoms. The van der Waals surface area contributed by atoms with Crippen LogP contribution in [0.3, 0.4) is 0 Å². The molecule has 2 N–H and O–H groups in total. The van der Waals surface area contributed by atoms with Crippen molar-refractivity contribution < 1.29 is 22.6 Å². The molecule has 4 atom stereocenters. The molecule has 3 fully saturated rings. The number of benzene rings is 2. The molecule has 1 saturated carbocycles. The van der Waals surface area contributed by atoms with Crippen molar-refractivity contribution in [3.63, 3.8) is 0 Å². The third-order valence-electron chi connectivity index (χ3n) is 9.53. The predicted octanol–water partition coefficient (Wildman–Crippen LogP) is 6.07. The van der Waals surface area contributed by atoms with Crippen molar-refractivity contribution in [3.05, 3.63) is 34.4 Å². The highest BCUT2D eigenvalue weighted by Crippen LogP contribution is 2.52. The zero-order valence-electron chi connectivity index (χ0n) is 23.1. The molecular weight excluding hydrogens is 601 g/mol. The third-order valence-corrected chi connectivity index (χ3v) is 10.9. The first-order valence-corrected chi connectivity index (χ1v) is 15.4. The van der Waals surface area contributed by atoms with Gasteiger partial charge in [-0.25, -0.2) is 13.2 Å². The van der Waals surface area contributed by atoms with Gasteiger partial charge >= 0.3 is 6.01 Å². The van der Waals surface area contributed by atoms with Crippen LogP contribution in [0.1, 0.15) is 31.2 Å². The van der Waals surface area contributed by atoms with Crippen molar-refractivity contribution in [2.45, 2.75) is 43.4 Å². The van der Waals surface area contributed by atoms with E-state index in [1.807, 2.05) is 18.0 Å². The number of ether oxygens (including phenoxy) is 2. The Balaban J connectivity index is 1.34. The van der Waals surface area contributed by atoms with E-state index < -0.39 is 23.3 Å². The molecule has 2 saturated heterocycles. The van der Waals surface area contributed by atoms with E-state index in [1.54, 1.807) is 0 Å². The molecule has 5 heterocycles. The van der Waals surface area contributed by atoms with Crippen LogP contribution in [-0.2, 0) is 0 Å². The number of nitriles is 1. The van der Waals surface area contributed by atoms with Crippen LogP contribution >= 0.6 is 22.9 Å². The van der Waals surface area contributed by atoms with Crippen LogP contribution in [-0.4, -0.2) is 66.0 Å². The number of thiophene rings is 1. The molecule has 1 aliphatic carbocycles. The lowest BCUT2D eigenvalue weighted by atomic mass is 9.95. The fraction of sp³-hybridized carbons (Fsp3) is 0.433. The van der Waals surface area contributed by atoms with Crippen molar-refractivity contribution in [3.8, 4) is 29.0 Å². The summed E-state index contributed by atoms with van der Waals surface area (Å²) >= 11 is 7.87. The monoisotopic (exact) mass is 626 g/mol. The molecule has 0 radical (unpaired) electrons. The number of hydrogen-bond donors (Lipinski definition) is 1. The van der Waals surface area contributed by atoms with Gasteiger partial charge in [-0.05, 0) is 37.4 Å². The molecule has 222 valence electrons. The van der Waals surface area contributed by atoms with Crippen LogP contribution in [0.25, 0.3) is 32.1 Å². The number of rotatable bonds is 4. The number of nitrogens with two attached hydrogens (primary N) is 1. The molecule has 0 spiro atoms. The summed E-state index contributed by atoms with van der Waals surface area (Å²) in [7, 11) is 1.89. The summed E-state index contributed by atoms with van der Waals surface area (Å²) in [5.74, 6) is -0.504. The van der Waals surface area contributed by atoms with Gasteiger partial charge in [-0.15, -0.1) is 11.3 Å². The maximum atomic E-state index is 16.9. The van der Waals surface area contributed by atoms with Gasteiger partial charge in [0.1, 0.15) is 41.0 Å². The van der Waals surface area contributed by atoms with Gasteiger partial charge in [-0.1, -0.05) is 17.7 Å². The van der Waals surface area contributed by atoms with Gasteiger partial charge in [0.25, 0.3) is 0 Å². The Kier molecular flexibility index (Phi) is 5.97. The number of nitrogens with zero attached hydrogens (tertiary/aromatic N) is 5. The lowest BCUT2D eigenvalue weighted by Crippen LogP contribution is -2.43. The molecule has 4 aromatic rings. The third kappa shape index (κ3) is 3.90. The number of hydrogen-bond acceptors (Lipinski definition) is 9. The van der Waals surface area contributed by atoms with E-state index in [1.165, 1.54) is 12.1 Å². The van der Waals surface area contributed by atoms with Crippen molar-refractivity contribution >= 4 is 54.7 Å². The minimum Gasteiger partial charge on any atom is -0.491 e. The molecular formula is C30H26ClF3N6O2S. The topological polar surface area (TPSA) is 101 Å². The van der Waals surface area contributed by atoms with Gasteiger partial charge in [-0.2, -0.15) is 15.2 Å². The summed E-state index contributed by atoms with van der Waals surface area (Å²) in [4.78, 5) is 13.4. The molecule has 4 aliphatic rings. The molecule has 8 rings (SSSR count). The number of halogens is 4. The Bertz CT molecular complexity index is 1900. The Labute approximate surface area is 253 Å². The highest BCUT2D eigenvalue weighted by molar-refractivity contribution is 7.23. The first-order chi connectivity index (χ1) is 20.7. The molecule has 2 aromatic carbocycles. The number of aromatic nitrogens is 2. The molecule has 43 heavy (non-hydrogen) atoms. The molecule has 8 nitrogen and oxygen atoms in total. The van der Waals surface area contributed by atoms with Crippen molar-refractivity contribution in [2.75, 3.05) is 44.0 Å². The van der Waals surface area contributed by atoms with Gasteiger partial charge in [0.2, 0.25) is 0 Å². The van der Waals surface area contributed by atoms with Crippen LogP contribution in [0.4, 0.5) is 24.0 Å². The van der Waals surface area contributed by atoms with Gasteiger partial charge < -0.3 is 20.1 Å². The minimum atomic E-state index is -0.924. The smallest absolute Gasteiger partial charge is 0.319 e. The van der Waals surface area contributed by atoms with E-state index in [0.29, 0.717) is 30.8 Å². The standard InChI is InChI=1S/C30H26ClF3N6O2S/c1-39-18-7-13(18)11-41-25-21-24(37-29(38-28(21)39)42-12-30-5-2-6-40(30)10-14(32)8-30)23(34)20(22(25)31)15-3-4-17(33)26-19(15)16(9-35)27(36)43-26/h3-4,13-14,18H,2,5-8,10-12,36H2,1H3/t13?,14-,18?,30+/m1/s1. The molecule has 0 amide bonds. The Morgan fingerprint density at radius 2 is 2.14 bits per heavy atom. The average Bonchev–Trinajstić information content (AvgIpc) is 3.35. The highest BCUT2D eigenvalue weighted by atomic mass is 35.5. The van der Waals surface area contributed by atoms with Crippen LogP contribution in [0, 0.1) is 28.9 Å². The van der Waals surface area contributed by atoms with E-state index >= 15 is 4.39 Å². The van der Waals surface area contributed by atoms with E-state index in [-0.39, 0.29) is 72.6 Å². The Morgan fingerprint density at radius 1 is 1.30 bits per heavy atom. The average molecular weight is 627 g/mol. The van der Waals surface area contributed by atoms with E-state index in [4.69, 9.17) is 31.8 Å². The van der Waals surface area contributed by atoms with Gasteiger partial charge in [-0.3, -0.25) is 4.90 Å². The second kappa shape index (κ2) is 9.48. The molecule has 2 unspecified atom stereocenters. The van der Waals surface area contributed by atoms with E-state index in [2.05, 4.69) is 9.88 Å². The maximum Gasteiger partial charge on any atom is 0.319 e. The largest absolute Gasteiger partial charge is 0.491 e. The van der Waals surface area contributed by atoms with Gasteiger partial charge in [0, 0.05) is 42.9 Å². The number of fused-ring (bicyclic) bond motifs is 3. The lowest BCUT2D eigenvalue weighted by molar-refractivity contribution is 0.107. The first-order valence-electron chi connectivity index (χ1n) is 14.2. The van der Waals surface area contributed by atoms with Gasteiger partial charge in [0.05, 0.1) is 32.8 Å². The fourth-order valence-corrected chi connectivity index (χ4v) is 8.60. The highest BCUT2D eigenvalue weighted by Gasteiger charge is 2.50. The summed E-state index contributed by atoms with van der Waals surface area (Å²) in [6, 6.07) is 4.74. The van der Waals surface area contributed by atoms with Crippen molar-refractivity contribution in [2.24, 2.45) is 5.92 Å².